The Bertz CT molecular complexity index is 988. The average molecular weight is 454 g/mol. The molecule has 2 aromatic rings. The highest BCUT2D eigenvalue weighted by atomic mass is 32.2. The molecular formula is C25H35N5OS. The lowest BCUT2D eigenvalue weighted by atomic mass is 9.89. The molecule has 6 nitrogen and oxygen atoms in total. The first-order chi connectivity index (χ1) is 15.5. The van der Waals surface area contributed by atoms with Gasteiger partial charge >= 0.3 is 0 Å². The van der Waals surface area contributed by atoms with E-state index in [0.717, 1.165) is 70.0 Å². The molecule has 0 radical (unpaired) electrons. The van der Waals surface area contributed by atoms with Gasteiger partial charge in [-0.3, -0.25) is 14.4 Å². The molecular weight excluding hydrogens is 418 g/mol. The van der Waals surface area contributed by atoms with E-state index >= 15 is 0 Å². The molecule has 1 aromatic heterocycles. The van der Waals surface area contributed by atoms with Crippen LogP contribution in [0.5, 0.6) is 0 Å². The minimum absolute atomic E-state index is 0.141. The van der Waals surface area contributed by atoms with Gasteiger partial charge in [0, 0.05) is 80.8 Å². The summed E-state index contributed by atoms with van der Waals surface area (Å²) in [5, 5.41) is 4.71. The predicted molar refractivity (Wildman–Crippen MR) is 132 cm³/mol. The minimum atomic E-state index is 0.141. The summed E-state index contributed by atoms with van der Waals surface area (Å²) >= 11 is 1.93. The topological polar surface area (TPSA) is 44.6 Å². The van der Waals surface area contributed by atoms with Crippen LogP contribution in [0.25, 0.3) is 0 Å². The van der Waals surface area contributed by atoms with Gasteiger partial charge in [-0.25, -0.2) is 0 Å². The third-order valence-corrected chi connectivity index (χ3v) is 8.62. The summed E-state index contributed by atoms with van der Waals surface area (Å²) in [5.41, 5.74) is 7.35. The first kappa shape index (κ1) is 21.8. The minimum Gasteiger partial charge on any atom is -0.369 e. The van der Waals surface area contributed by atoms with Crippen LogP contribution in [-0.2, 0) is 19.9 Å². The van der Waals surface area contributed by atoms with Crippen LogP contribution in [0.4, 0.5) is 5.69 Å². The first-order valence-corrected chi connectivity index (χ1v) is 13.2. The van der Waals surface area contributed by atoms with Crippen molar-refractivity contribution in [2.75, 3.05) is 55.7 Å². The lowest BCUT2D eigenvalue weighted by molar-refractivity contribution is 0.0763. The standard InChI is InChI=1S/C25H35N5OS/c1-18-5-4-6-22(19(18)2)29-11-9-28(10-12-29)20-7-8-23-21(17-20)24(26-27(23)3)25(31)30-13-15-32-16-14-30/h4-6,20H,7-17H2,1-3H3. The number of hydrogen-bond acceptors (Lipinski definition) is 5. The fraction of sp³-hybridized carbons (Fsp3) is 0.600. The number of fused-ring (bicyclic) bond motifs is 1. The molecule has 2 fully saturated rings. The number of carbonyl (C=O) groups is 1. The molecule has 1 amide bonds. The quantitative estimate of drug-likeness (QED) is 0.715. The van der Waals surface area contributed by atoms with Crippen molar-refractivity contribution in [2.24, 2.45) is 7.05 Å². The van der Waals surface area contributed by atoms with Crippen molar-refractivity contribution in [3.8, 4) is 0 Å². The Hall–Kier alpha value is -1.99. The largest absolute Gasteiger partial charge is 0.369 e. The second-order valence-electron chi connectivity index (χ2n) is 9.44. The van der Waals surface area contributed by atoms with Gasteiger partial charge < -0.3 is 9.80 Å². The number of aromatic nitrogens is 2. The van der Waals surface area contributed by atoms with Gasteiger partial charge in [-0.15, -0.1) is 0 Å². The van der Waals surface area contributed by atoms with Crippen molar-refractivity contribution in [1.29, 1.82) is 0 Å². The van der Waals surface area contributed by atoms with Gasteiger partial charge in [0.25, 0.3) is 5.91 Å². The SMILES string of the molecule is Cc1cccc(N2CCN(C3CCc4c(c(C(=O)N5CCSCC5)nn4C)C3)CC2)c1C. The van der Waals surface area contributed by atoms with E-state index in [2.05, 4.69) is 41.8 Å². The molecule has 0 saturated carbocycles. The number of nitrogens with zero attached hydrogens (tertiary/aromatic N) is 5. The number of piperazine rings is 1. The highest BCUT2D eigenvalue weighted by Crippen LogP contribution is 2.30. The Balaban J connectivity index is 1.28. The van der Waals surface area contributed by atoms with Crippen molar-refractivity contribution in [1.82, 2.24) is 19.6 Å². The normalized spacial score (nSPS) is 22.2. The zero-order valence-electron chi connectivity index (χ0n) is 19.6. The van der Waals surface area contributed by atoms with E-state index in [-0.39, 0.29) is 5.91 Å². The molecule has 3 aliphatic rings. The number of hydrogen-bond donors (Lipinski definition) is 0. The molecule has 0 bridgehead atoms. The fourth-order valence-corrected chi connectivity index (χ4v) is 6.48. The lowest BCUT2D eigenvalue weighted by Crippen LogP contribution is -2.52. The van der Waals surface area contributed by atoms with Crippen LogP contribution in [0.3, 0.4) is 0 Å². The maximum atomic E-state index is 13.2. The average Bonchev–Trinajstić information content (AvgIpc) is 3.17. The number of anilines is 1. The van der Waals surface area contributed by atoms with Gasteiger partial charge in [0.2, 0.25) is 0 Å². The number of aryl methyl sites for hydroxylation is 2. The van der Waals surface area contributed by atoms with Crippen molar-refractivity contribution in [3.63, 3.8) is 0 Å². The third-order valence-electron chi connectivity index (χ3n) is 7.68. The van der Waals surface area contributed by atoms with E-state index in [4.69, 9.17) is 5.10 Å². The molecule has 5 rings (SSSR count). The van der Waals surface area contributed by atoms with Crippen LogP contribution >= 0.6 is 11.8 Å². The smallest absolute Gasteiger partial charge is 0.274 e. The number of thioether (sulfide) groups is 1. The van der Waals surface area contributed by atoms with Gasteiger partial charge in [-0.2, -0.15) is 16.9 Å². The van der Waals surface area contributed by atoms with E-state index in [1.54, 1.807) is 0 Å². The summed E-state index contributed by atoms with van der Waals surface area (Å²) in [6.45, 7) is 10.4. The Kier molecular flexibility index (Phi) is 6.21. The molecule has 172 valence electrons. The third kappa shape index (κ3) is 4.05. The Morgan fingerprint density at radius 1 is 1.06 bits per heavy atom. The van der Waals surface area contributed by atoms with E-state index in [9.17, 15) is 4.79 Å². The lowest BCUT2D eigenvalue weighted by Gasteiger charge is -2.42. The van der Waals surface area contributed by atoms with Crippen molar-refractivity contribution >= 4 is 23.4 Å². The summed E-state index contributed by atoms with van der Waals surface area (Å²) in [6, 6.07) is 7.15. The monoisotopic (exact) mass is 453 g/mol. The highest BCUT2D eigenvalue weighted by molar-refractivity contribution is 7.99. The predicted octanol–water partition coefficient (Wildman–Crippen LogP) is 2.91. The maximum absolute atomic E-state index is 13.2. The maximum Gasteiger partial charge on any atom is 0.274 e. The molecule has 1 atom stereocenters. The molecule has 32 heavy (non-hydrogen) atoms. The van der Waals surface area contributed by atoms with E-state index in [1.807, 2.05) is 28.4 Å². The molecule has 3 heterocycles. The fourth-order valence-electron chi connectivity index (χ4n) is 5.58. The number of rotatable bonds is 3. The van der Waals surface area contributed by atoms with Crippen LogP contribution in [0.15, 0.2) is 18.2 Å². The molecule has 0 spiro atoms. The molecule has 1 aromatic carbocycles. The molecule has 1 aliphatic carbocycles. The van der Waals surface area contributed by atoms with E-state index in [1.165, 1.54) is 28.1 Å². The zero-order chi connectivity index (χ0) is 22.2. The van der Waals surface area contributed by atoms with Crippen LogP contribution in [0.1, 0.15) is 39.3 Å². The van der Waals surface area contributed by atoms with Gasteiger partial charge in [-0.1, -0.05) is 12.1 Å². The summed E-state index contributed by atoms with van der Waals surface area (Å²) in [5.74, 6) is 2.21. The Morgan fingerprint density at radius 2 is 1.81 bits per heavy atom. The molecule has 2 aliphatic heterocycles. The van der Waals surface area contributed by atoms with Gasteiger partial charge in [0.05, 0.1) is 0 Å². The Labute approximate surface area is 195 Å². The molecule has 2 saturated heterocycles. The van der Waals surface area contributed by atoms with Crippen molar-refractivity contribution in [2.45, 2.75) is 39.2 Å². The summed E-state index contributed by atoms with van der Waals surface area (Å²) in [6.07, 6.45) is 3.13. The zero-order valence-corrected chi connectivity index (χ0v) is 20.5. The van der Waals surface area contributed by atoms with Crippen molar-refractivity contribution < 1.29 is 4.79 Å². The summed E-state index contributed by atoms with van der Waals surface area (Å²) in [7, 11) is 2.00. The number of benzene rings is 1. The first-order valence-electron chi connectivity index (χ1n) is 12.0. The van der Waals surface area contributed by atoms with Gasteiger partial charge in [0.15, 0.2) is 5.69 Å². The van der Waals surface area contributed by atoms with Crippen LogP contribution in [-0.4, -0.2) is 82.3 Å². The van der Waals surface area contributed by atoms with E-state index < -0.39 is 0 Å². The van der Waals surface area contributed by atoms with E-state index in [0.29, 0.717) is 11.7 Å². The molecule has 1 unspecified atom stereocenters. The Morgan fingerprint density at radius 3 is 2.56 bits per heavy atom. The van der Waals surface area contributed by atoms with Crippen LogP contribution < -0.4 is 4.90 Å². The van der Waals surface area contributed by atoms with Crippen LogP contribution in [0, 0.1) is 13.8 Å². The number of amides is 1. The van der Waals surface area contributed by atoms with Gasteiger partial charge in [-0.05, 0) is 50.3 Å². The van der Waals surface area contributed by atoms with Gasteiger partial charge in [0.1, 0.15) is 0 Å². The molecule has 7 heteroatoms. The van der Waals surface area contributed by atoms with Crippen molar-refractivity contribution in [3.05, 3.63) is 46.3 Å². The summed E-state index contributed by atoms with van der Waals surface area (Å²) < 4.78 is 1.97. The molecule has 0 N–H and O–H groups in total. The number of carbonyl (C=O) groups excluding carboxylic acids is 1. The second-order valence-corrected chi connectivity index (χ2v) is 10.7. The highest BCUT2D eigenvalue weighted by Gasteiger charge is 2.34. The second kappa shape index (κ2) is 9.10. The summed E-state index contributed by atoms with van der Waals surface area (Å²) in [4.78, 5) is 20.5. The van der Waals surface area contributed by atoms with Crippen LogP contribution in [0.2, 0.25) is 0 Å².